The Bertz CT molecular complexity index is 1550. The van der Waals surface area contributed by atoms with Crippen molar-refractivity contribution < 1.29 is 27.5 Å². The van der Waals surface area contributed by atoms with E-state index in [-0.39, 0.29) is 24.6 Å². The zero-order valence-electron chi connectivity index (χ0n) is 26.2. The summed E-state index contributed by atoms with van der Waals surface area (Å²) in [6.07, 6.45) is 1.57. The number of benzene rings is 2. The molecule has 9 nitrogen and oxygen atoms in total. The minimum atomic E-state index is -1.53. The first-order valence-electron chi connectivity index (χ1n) is 14.7. The Labute approximate surface area is 255 Å². The number of rotatable bonds is 6. The van der Waals surface area contributed by atoms with Crippen LogP contribution in [-0.4, -0.2) is 67.6 Å². The van der Waals surface area contributed by atoms with Gasteiger partial charge in [0.05, 0.1) is 25.8 Å². The molecule has 1 unspecified atom stereocenters. The van der Waals surface area contributed by atoms with E-state index in [2.05, 4.69) is 15.6 Å². The molecule has 1 aromatic heterocycles. The highest BCUT2D eigenvalue weighted by atomic mass is 19.2. The van der Waals surface area contributed by atoms with E-state index in [0.717, 1.165) is 28.9 Å². The summed E-state index contributed by atoms with van der Waals surface area (Å²) in [5.41, 5.74) is 1.17. The number of para-hydroxylation sites is 1. The molecule has 2 aliphatic heterocycles. The summed E-state index contributed by atoms with van der Waals surface area (Å²) in [6, 6.07) is 8.00. The van der Waals surface area contributed by atoms with Crippen LogP contribution in [-0.2, 0) is 21.6 Å². The van der Waals surface area contributed by atoms with Gasteiger partial charge in [-0.3, -0.25) is 4.79 Å². The lowest BCUT2D eigenvalue weighted by Crippen LogP contribution is -2.72. The summed E-state index contributed by atoms with van der Waals surface area (Å²) < 4.78 is 49.1. The van der Waals surface area contributed by atoms with E-state index in [0.29, 0.717) is 25.2 Å². The van der Waals surface area contributed by atoms with Gasteiger partial charge in [-0.25, -0.2) is 22.6 Å². The zero-order chi connectivity index (χ0) is 32.2. The van der Waals surface area contributed by atoms with Gasteiger partial charge in [0.2, 0.25) is 0 Å². The Morgan fingerprint density at radius 3 is 2.27 bits per heavy atom. The van der Waals surface area contributed by atoms with Crippen LogP contribution in [0.15, 0.2) is 36.5 Å². The number of aromatic nitrogens is 3. The van der Waals surface area contributed by atoms with Crippen molar-refractivity contribution >= 4 is 17.7 Å². The summed E-state index contributed by atoms with van der Waals surface area (Å²) >= 11 is 0. The molecule has 5 rings (SSSR count). The van der Waals surface area contributed by atoms with Gasteiger partial charge in [0, 0.05) is 23.7 Å². The predicted octanol–water partition coefficient (Wildman–Crippen LogP) is 5.67. The van der Waals surface area contributed by atoms with Crippen LogP contribution in [0.2, 0.25) is 0 Å². The number of ether oxygens (including phenoxy) is 1. The summed E-state index contributed by atoms with van der Waals surface area (Å²) in [7, 11) is 0. The predicted molar refractivity (Wildman–Crippen MR) is 159 cm³/mol. The molecule has 0 spiro atoms. The highest BCUT2D eigenvalue weighted by Gasteiger charge is 2.59. The molecule has 0 bridgehead atoms. The van der Waals surface area contributed by atoms with Gasteiger partial charge in [0.15, 0.2) is 23.0 Å². The maximum atomic E-state index is 14.5. The minimum absolute atomic E-state index is 0.00489. The second kappa shape index (κ2) is 11.1. The largest absolute Gasteiger partial charge is 0.444 e. The van der Waals surface area contributed by atoms with Crippen molar-refractivity contribution in [2.45, 2.75) is 84.0 Å². The van der Waals surface area contributed by atoms with Gasteiger partial charge >= 0.3 is 6.09 Å². The van der Waals surface area contributed by atoms with Crippen LogP contribution in [0.4, 0.5) is 23.7 Å². The molecule has 2 saturated heterocycles. The van der Waals surface area contributed by atoms with Crippen molar-refractivity contribution in [1.82, 2.24) is 24.8 Å². The molecule has 2 aromatic carbocycles. The van der Waals surface area contributed by atoms with Crippen molar-refractivity contribution in [1.29, 1.82) is 0 Å². The van der Waals surface area contributed by atoms with E-state index >= 15 is 0 Å². The number of hydrogen-bond donors (Lipinski definition) is 1. The fraction of sp³-hybridized carbons (Fsp3) is 0.500. The topological polar surface area (TPSA) is 92.6 Å². The van der Waals surface area contributed by atoms with Gasteiger partial charge in [-0.1, -0.05) is 23.4 Å². The van der Waals surface area contributed by atoms with E-state index in [1.807, 2.05) is 45.9 Å². The number of aryl methyl sites for hydroxylation is 2. The van der Waals surface area contributed by atoms with Gasteiger partial charge in [-0.15, -0.1) is 5.10 Å². The molecular weight excluding hydrogens is 573 g/mol. The third-order valence-electron chi connectivity index (χ3n) is 8.70. The minimum Gasteiger partial charge on any atom is -0.444 e. The molecule has 2 aliphatic rings. The molecule has 1 N–H and O–H groups in total. The van der Waals surface area contributed by atoms with Crippen LogP contribution in [0.1, 0.15) is 69.3 Å². The Balaban J connectivity index is 1.43. The second-order valence-electron chi connectivity index (χ2n) is 13.4. The van der Waals surface area contributed by atoms with Crippen LogP contribution in [0.3, 0.4) is 0 Å². The molecule has 1 atom stereocenters. The molecule has 0 radical (unpaired) electrons. The van der Waals surface area contributed by atoms with E-state index in [1.54, 1.807) is 31.9 Å². The highest BCUT2D eigenvalue weighted by molar-refractivity contribution is 5.89. The van der Waals surface area contributed by atoms with Crippen molar-refractivity contribution in [3.8, 4) is 0 Å². The Hall–Kier alpha value is -4.09. The first kappa shape index (κ1) is 31.3. The Morgan fingerprint density at radius 1 is 1.07 bits per heavy atom. The molecule has 3 aromatic rings. The molecule has 3 heterocycles. The standard InChI is InChI=1S/C32H39F3N6O3/c1-19-9-8-10-20(2)27(19)36-15-22-16-41(38-37-22)32(17-39(18-32)29(43)44-30(3,4)5)28(42)40-12-11-23(31(40,6)7)21-13-24(33)26(35)25(34)14-21/h8-10,13-14,16,23,36H,11-12,15,17-18H2,1-7H3. The summed E-state index contributed by atoms with van der Waals surface area (Å²) in [6.45, 7) is 13.6. The van der Waals surface area contributed by atoms with E-state index in [9.17, 15) is 22.8 Å². The number of carbonyl (C=O) groups excluding carboxylic acids is 2. The van der Waals surface area contributed by atoms with E-state index < -0.39 is 46.1 Å². The van der Waals surface area contributed by atoms with Gasteiger partial charge in [-0.05, 0) is 83.7 Å². The molecule has 0 aliphatic carbocycles. The van der Waals surface area contributed by atoms with Gasteiger partial charge in [0.1, 0.15) is 11.3 Å². The average molecular weight is 613 g/mol. The Morgan fingerprint density at radius 2 is 1.68 bits per heavy atom. The molecule has 12 heteroatoms. The van der Waals surface area contributed by atoms with Crippen molar-refractivity contribution in [3.05, 3.63) is 76.4 Å². The Kier molecular flexibility index (Phi) is 7.92. The van der Waals surface area contributed by atoms with Crippen LogP contribution < -0.4 is 5.32 Å². The molecule has 236 valence electrons. The van der Waals surface area contributed by atoms with Crippen molar-refractivity contribution in [2.24, 2.45) is 0 Å². The average Bonchev–Trinajstić information content (AvgIpc) is 3.48. The van der Waals surface area contributed by atoms with Crippen LogP contribution >= 0.6 is 0 Å². The maximum absolute atomic E-state index is 14.5. The number of nitrogens with one attached hydrogen (secondary N) is 1. The molecular formula is C32H39F3N6O3. The number of anilines is 1. The van der Waals surface area contributed by atoms with E-state index in [4.69, 9.17) is 4.74 Å². The fourth-order valence-electron chi connectivity index (χ4n) is 6.33. The van der Waals surface area contributed by atoms with E-state index in [1.165, 1.54) is 9.58 Å². The lowest BCUT2D eigenvalue weighted by Gasteiger charge is -2.51. The first-order chi connectivity index (χ1) is 20.5. The van der Waals surface area contributed by atoms with Crippen molar-refractivity contribution in [2.75, 3.05) is 25.0 Å². The SMILES string of the molecule is Cc1cccc(C)c1NCc1cn(C2(C(=O)N3CCC(c4cc(F)c(F)c(F)c4)C3(C)C)CN(C(=O)OC(C)(C)C)C2)nn1. The van der Waals surface area contributed by atoms with Crippen LogP contribution in [0.25, 0.3) is 0 Å². The van der Waals surface area contributed by atoms with Crippen LogP contribution in [0.5, 0.6) is 0 Å². The number of carbonyl (C=O) groups is 2. The highest BCUT2D eigenvalue weighted by Crippen LogP contribution is 2.45. The second-order valence-corrected chi connectivity index (χ2v) is 13.4. The molecule has 0 saturated carbocycles. The molecule has 2 fully saturated rings. The molecule has 2 amide bonds. The van der Waals surface area contributed by atoms with Gasteiger partial charge in [0.25, 0.3) is 5.91 Å². The number of likely N-dealkylation sites (tertiary alicyclic amines) is 2. The van der Waals surface area contributed by atoms with Gasteiger partial charge in [-0.2, -0.15) is 0 Å². The monoisotopic (exact) mass is 612 g/mol. The molecule has 44 heavy (non-hydrogen) atoms. The summed E-state index contributed by atoms with van der Waals surface area (Å²) in [4.78, 5) is 30.5. The number of halogens is 3. The summed E-state index contributed by atoms with van der Waals surface area (Å²) in [5, 5.41) is 12.1. The maximum Gasteiger partial charge on any atom is 0.410 e. The van der Waals surface area contributed by atoms with Crippen LogP contribution in [0, 0.1) is 31.3 Å². The lowest BCUT2D eigenvalue weighted by atomic mass is 9.81. The zero-order valence-corrected chi connectivity index (χ0v) is 26.2. The third kappa shape index (κ3) is 5.61. The summed E-state index contributed by atoms with van der Waals surface area (Å²) in [5.74, 6) is -4.82. The first-order valence-corrected chi connectivity index (χ1v) is 14.7. The normalized spacial score (nSPS) is 19.1. The lowest BCUT2D eigenvalue weighted by molar-refractivity contribution is -0.154. The van der Waals surface area contributed by atoms with Crippen molar-refractivity contribution in [3.63, 3.8) is 0 Å². The number of amides is 2. The number of hydrogen-bond acceptors (Lipinski definition) is 6. The fourth-order valence-corrected chi connectivity index (χ4v) is 6.33. The number of nitrogens with zero attached hydrogens (tertiary/aromatic N) is 5. The quantitative estimate of drug-likeness (QED) is 0.361. The van der Waals surface area contributed by atoms with Gasteiger partial charge < -0.3 is 19.9 Å². The third-order valence-corrected chi connectivity index (χ3v) is 8.70. The smallest absolute Gasteiger partial charge is 0.410 e.